The molecule has 0 radical (unpaired) electrons. The fraction of sp³-hybridized carbons (Fsp3) is 0.478. The van der Waals surface area contributed by atoms with Gasteiger partial charge in [-0.3, -0.25) is 14.9 Å². The number of aromatic amines is 1. The quantitative estimate of drug-likeness (QED) is 0.848. The molecule has 2 unspecified atom stereocenters. The van der Waals surface area contributed by atoms with Crippen LogP contribution in [0.25, 0.3) is 11.1 Å². The Bertz CT molecular complexity index is 975. The molecule has 1 saturated heterocycles. The molecule has 1 amide bonds. The van der Waals surface area contributed by atoms with Crippen molar-refractivity contribution in [3.05, 3.63) is 42.2 Å². The topological polar surface area (TPSA) is 77.0 Å². The van der Waals surface area contributed by atoms with Gasteiger partial charge in [0.15, 0.2) is 6.17 Å². The van der Waals surface area contributed by atoms with Crippen LogP contribution in [0.5, 0.6) is 0 Å². The molecule has 7 heteroatoms. The van der Waals surface area contributed by atoms with Gasteiger partial charge in [-0.2, -0.15) is 5.10 Å². The molecule has 0 spiro atoms. The van der Waals surface area contributed by atoms with Crippen molar-refractivity contribution in [1.82, 2.24) is 20.0 Å². The molecule has 5 rings (SSSR count). The maximum atomic E-state index is 13.1. The molecule has 0 bridgehead atoms. The number of amides is 1. The molecular weight excluding hydrogens is 376 g/mol. The SMILES string of the molecule is CCC1C(=O)N(C)C2C=N[C@H](c3[nH]ncc3-c3ccccc3)N=C2N1C1CCCC1. The number of likely N-dealkylation sites (N-methyl/N-ethyl adjacent to an activating group) is 1. The second-order valence-electron chi connectivity index (χ2n) is 8.39. The lowest BCUT2D eigenvalue weighted by molar-refractivity contribution is -0.137. The normalized spacial score (nSPS) is 26.8. The van der Waals surface area contributed by atoms with Gasteiger partial charge >= 0.3 is 0 Å². The van der Waals surface area contributed by atoms with Crippen molar-refractivity contribution < 1.29 is 4.79 Å². The van der Waals surface area contributed by atoms with Gasteiger partial charge in [0.1, 0.15) is 17.9 Å². The number of carbonyl (C=O) groups excluding carboxylic acids is 1. The van der Waals surface area contributed by atoms with Crippen LogP contribution in [0.3, 0.4) is 0 Å². The van der Waals surface area contributed by atoms with E-state index in [1.54, 1.807) is 0 Å². The molecule has 1 aliphatic carbocycles. The maximum Gasteiger partial charge on any atom is 0.245 e. The Morgan fingerprint density at radius 3 is 2.67 bits per heavy atom. The van der Waals surface area contributed by atoms with Gasteiger partial charge in [-0.15, -0.1) is 0 Å². The van der Waals surface area contributed by atoms with Gasteiger partial charge in [0.05, 0.1) is 11.9 Å². The molecular formula is C23H28N6O. The summed E-state index contributed by atoms with van der Waals surface area (Å²) in [6, 6.07) is 10.2. The Balaban J connectivity index is 1.55. The number of aromatic nitrogens is 2. The summed E-state index contributed by atoms with van der Waals surface area (Å²) < 4.78 is 0. The van der Waals surface area contributed by atoms with Crippen LogP contribution in [0.2, 0.25) is 0 Å². The number of amidine groups is 1. The summed E-state index contributed by atoms with van der Waals surface area (Å²) in [6.07, 6.45) is 8.83. The van der Waals surface area contributed by atoms with E-state index in [1.165, 1.54) is 12.8 Å². The number of carbonyl (C=O) groups is 1. The van der Waals surface area contributed by atoms with E-state index in [0.717, 1.165) is 41.9 Å². The Morgan fingerprint density at radius 1 is 1.17 bits per heavy atom. The molecule has 1 aromatic heterocycles. The third-order valence-electron chi connectivity index (χ3n) is 6.65. The monoisotopic (exact) mass is 404 g/mol. The molecule has 156 valence electrons. The van der Waals surface area contributed by atoms with Gasteiger partial charge in [0.25, 0.3) is 0 Å². The van der Waals surface area contributed by atoms with Crippen LogP contribution in [-0.2, 0) is 4.79 Å². The summed E-state index contributed by atoms with van der Waals surface area (Å²) in [5, 5.41) is 7.42. The summed E-state index contributed by atoms with van der Waals surface area (Å²) in [5.41, 5.74) is 3.00. The number of nitrogens with zero attached hydrogens (tertiary/aromatic N) is 5. The number of hydrogen-bond donors (Lipinski definition) is 1. The average Bonchev–Trinajstić information content (AvgIpc) is 3.48. The predicted octanol–water partition coefficient (Wildman–Crippen LogP) is 3.42. The largest absolute Gasteiger partial charge is 0.343 e. The fourth-order valence-corrected chi connectivity index (χ4v) is 5.08. The third-order valence-corrected chi connectivity index (χ3v) is 6.65. The Kier molecular flexibility index (Phi) is 4.89. The van der Waals surface area contributed by atoms with Gasteiger partial charge in [-0.25, -0.2) is 4.99 Å². The molecule has 2 fully saturated rings. The number of benzene rings is 1. The molecule has 3 aliphatic rings. The molecule has 3 atom stereocenters. The Labute approximate surface area is 176 Å². The molecule has 30 heavy (non-hydrogen) atoms. The zero-order chi connectivity index (χ0) is 20.7. The molecule has 1 aromatic carbocycles. The number of H-pyrrole nitrogens is 1. The van der Waals surface area contributed by atoms with Crippen molar-refractivity contribution in [3.63, 3.8) is 0 Å². The minimum absolute atomic E-state index is 0.143. The van der Waals surface area contributed by atoms with Gasteiger partial charge in [-0.05, 0) is 24.8 Å². The average molecular weight is 405 g/mol. The van der Waals surface area contributed by atoms with Crippen LogP contribution in [0, 0.1) is 0 Å². The van der Waals surface area contributed by atoms with Crippen LogP contribution >= 0.6 is 0 Å². The van der Waals surface area contributed by atoms with Crippen molar-refractivity contribution in [2.45, 2.75) is 63.3 Å². The van der Waals surface area contributed by atoms with Gasteiger partial charge in [0.2, 0.25) is 5.91 Å². The van der Waals surface area contributed by atoms with Crippen LogP contribution in [-0.4, -0.2) is 63.1 Å². The second kappa shape index (κ2) is 7.70. The van der Waals surface area contributed by atoms with Crippen LogP contribution < -0.4 is 0 Å². The van der Waals surface area contributed by atoms with Crippen molar-refractivity contribution in [3.8, 4) is 11.1 Å². The van der Waals surface area contributed by atoms with Crippen molar-refractivity contribution >= 4 is 18.0 Å². The molecule has 2 aromatic rings. The zero-order valence-corrected chi connectivity index (χ0v) is 17.5. The lowest BCUT2D eigenvalue weighted by Crippen LogP contribution is -2.66. The highest BCUT2D eigenvalue weighted by molar-refractivity contribution is 6.09. The van der Waals surface area contributed by atoms with E-state index in [0.29, 0.717) is 6.04 Å². The molecule has 1 N–H and O–H groups in total. The molecule has 3 heterocycles. The molecule has 1 saturated carbocycles. The van der Waals surface area contributed by atoms with E-state index in [9.17, 15) is 4.79 Å². The van der Waals surface area contributed by atoms with Crippen molar-refractivity contribution in [1.29, 1.82) is 0 Å². The molecule has 2 aliphatic heterocycles. The van der Waals surface area contributed by atoms with Crippen molar-refractivity contribution in [2.75, 3.05) is 7.05 Å². The van der Waals surface area contributed by atoms with E-state index < -0.39 is 0 Å². The van der Waals surface area contributed by atoms with Gasteiger partial charge in [-0.1, -0.05) is 50.1 Å². The summed E-state index contributed by atoms with van der Waals surface area (Å²) in [6.45, 7) is 2.09. The Morgan fingerprint density at radius 2 is 1.93 bits per heavy atom. The highest BCUT2D eigenvalue weighted by Crippen LogP contribution is 2.36. The van der Waals surface area contributed by atoms with E-state index in [4.69, 9.17) is 9.98 Å². The fourth-order valence-electron chi connectivity index (χ4n) is 5.08. The standard InChI is InChI=1S/C23H28N6O/c1-3-18-23(30)28(2)19-14-24-21(26-22(19)29(18)16-11-7-8-12-16)20-17(13-25-27-20)15-9-5-4-6-10-15/h4-6,9-10,13-14,16,18-19,21H,3,7-8,11-12H2,1-2H3,(H,25,27)/t18?,19?,21-/m0/s1. The number of piperazine rings is 1. The third kappa shape index (κ3) is 3.04. The minimum Gasteiger partial charge on any atom is -0.343 e. The lowest BCUT2D eigenvalue weighted by Gasteiger charge is -2.48. The van der Waals surface area contributed by atoms with E-state index in [2.05, 4.69) is 34.2 Å². The first-order valence-electron chi connectivity index (χ1n) is 10.9. The van der Waals surface area contributed by atoms with E-state index in [1.807, 2.05) is 42.6 Å². The highest BCUT2D eigenvalue weighted by atomic mass is 16.2. The van der Waals surface area contributed by atoms with E-state index >= 15 is 0 Å². The molecule has 7 nitrogen and oxygen atoms in total. The zero-order valence-electron chi connectivity index (χ0n) is 17.5. The smallest absolute Gasteiger partial charge is 0.245 e. The summed E-state index contributed by atoms with van der Waals surface area (Å²) in [5.74, 6) is 1.15. The number of fused-ring (bicyclic) bond motifs is 1. The van der Waals surface area contributed by atoms with Crippen LogP contribution in [0.1, 0.15) is 50.9 Å². The minimum atomic E-state index is -0.378. The van der Waals surface area contributed by atoms with Crippen molar-refractivity contribution in [2.24, 2.45) is 9.98 Å². The summed E-state index contributed by atoms with van der Waals surface area (Å²) >= 11 is 0. The first-order chi connectivity index (χ1) is 14.7. The maximum absolute atomic E-state index is 13.1. The first-order valence-corrected chi connectivity index (χ1v) is 10.9. The number of nitrogens with one attached hydrogen (secondary N) is 1. The van der Waals surface area contributed by atoms with Gasteiger partial charge < -0.3 is 9.80 Å². The predicted molar refractivity (Wildman–Crippen MR) is 117 cm³/mol. The van der Waals surface area contributed by atoms with E-state index in [-0.39, 0.29) is 24.2 Å². The van der Waals surface area contributed by atoms with Gasteiger partial charge in [0, 0.05) is 24.9 Å². The number of aliphatic imine (C=N–C) groups is 2. The Hall–Kier alpha value is -2.96. The first kappa shape index (κ1) is 19.0. The number of rotatable bonds is 4. The highest BCUT2D eigenvalue weighted by Gasteiger charge is 2.46. The second-order valence-corrected chi connectivity index (χ2v) is 8.39. The number of hydrogen-bond acceptors (Lipinski definition) is 5. The van der Waals surface area contributed by atoms with Crippen LogP contribution in [0.15, 0.2) is 46.5 Å². The summed E-state index contributed by atoms with van der Waals surface area (Å²) in [7, 11) is 1.87. The lowest BCUT2D eigenvalue weighted by atomic mass is 9.98. The summed E-state index contributed by atoms with van der Waals surface area (Å²) in [4.78, 5) is 27.1. The van der Waals surface area contributed by atoms with Crippen LogP contribution in [0.4, 0.5) is 0 Å².